The van der Waals surface area contributed by atoms with Crippen molar-refractivity contribution in [2.45, 2.75) is 33.2 Å². The van der Waals surface area contributed by atoms with Crippen LogP contribution in [0.5, 0.6) is 5.75 Å². The molecule has 0 atom stereocenters. The van der Waals surface area contributed by atoms with Gasteiger partial charge in [-0.1, -0.05) is 6.07 Å². The third-order valence-corrected chi connectivity index (χ3v) is 3.54. The van der Waals surface area contributed by atoms with Crippen molar-refractivity contribution < 1.29 is 36.4 Å². The number of nitrogens with zero attached hydrogens (tertiary/aromatic N) is 3. The maximum absolute atomic E-state index is 12.9. The Balaban J connectivity index is 2.30. The Bertz CT molecular complexity index is 911. The first-order valence-electron chi connectivity index (χ1n) is 7.54. The van der Waals surface area contributed by atoms with E-state index in [0.717, 1.165) is 6.92 Å². The number of aryl methyl sites for hydroxylation is 1. The molecule has 0 unspecified atom stereocenters. The summed E-state index contributed by atoms with van der Waals surface area (Å²) in [6, 6.07) is 3.95. The van der Waals surface area contributed by atoms with Gasteiger partial charge in [-0.05, 0) is 31.5 Å². The molecule has 0 fully saturated rings. The van der Waals surface area contributed by atoms with Gasteiger partial charge >= 0.3 is 18.5 Å². The molecule has 1 N–H and O–H groups in total. The lowest BCUT2D eigenvalue weighted by Gasteiger charge is -2.13. The first-order valence-corrected chi connectivity index (χ1v) is 7.54. The maximum Gasteiger partial charge on any atom is 0.442 e. The van der Waals surface area contributed by atoms with E-state index >= 15 is 0 Å². The Kier molecular flexibility index (Phi) is 5.85. The highest BCUT2D eigenvalue weighted by atomic mass is 19.4. The molecule has 0 aliphatic heterocycles. The van der Waals surface area contributed by atoms with E-state index in [9.17, 15) is 36.9 Å². The Morgan fingerprint density at radius 1 is 1.36 bits per heavy atom. The topological polar surface area (TPSA) is 99.3 Å². The average Bonchev–Trinajstić information content (AvgIpc) is 2.86. The third kappa shape index (κ3) is 4.72. The summed E-state index contributed by atoms with van der Waals surface area (Å²) in [5.74, 6) is -1.30. The van der Waals surface area contributed by atoms with Crippen LogP contribution in [0.15, 0.2) is 18.2 Å². The van der Waals surface area contributed by atoms with Crippen molar-refractivity contribution in [3.63, 3.8) is 0 Å². The van der Waals surface area contributed by atoms with E-state index in [4.69, 9.17) is 0 Å². The number of rotatable bonds is 6. The molecule has 0 saturated heterocycles. The predicted molar refractivity (Wildman–Crippen MR) is 85.1 cm³/mol. The number of benzene rings is 1. The van der Waals surface area contributed by atoms with Crippen molar-refractivity contribution in [3.05, 3.63) is 45.3 Å². The van der Waals surface area contributed by atoms with Crippen LogP contribution >= 0.6 is 0 Å². The number of aromatic nitrogens is 2. The van der Waals surface area contributed by atoms with Crippen molar-refractivity contribution in [1.82, 2.24) is 9.78 Å². The van der Waals surface area contributed by atoms with E-state index in [2.05, 4.69) is 15.2 Å². The molecule has 0 aliphatic carbocycles. The molecule has 1 aromatic heterocycles. The molecule has 28 heavy (non-hydrogen) atoms. The van der Waals surface area contributed by atoms with E-state index in [1.807, 2.05) is 0 Å². The number of alkyl halides is 5. The van der Waals surface area contributed by atoms with Gasteiger partial charge in [0.1, 0.15) is 18.0 Å². The number of halogens is 5. The molecule has 1 heterocycles. The highest BCUT2D eigenvalue weighted by molar-refractivity contribution is 5.92. The van der Waals surface area contributed by atoms with Gasteiger partial charge in [-0.3, -0.25) is 19.6 Å². The zero-order chi connectivity index (χ0) is 21.2. The molecule has 2 rings (SSSR count). The van der Waals surface area contributed by atoms with E-state index < -0.39 is 47.2 Å². The second-order valence-corrected chi connectivity index (χ2v) is 5.62. The Hall–Kier alpha value is -3.25. The molecule has 0 bridgehead atoms. The van der Waals surface area contributed by atoms with Gasteiger partial charge in [0.2, 0.25) is 11.6 Å². The normalized spacial score (nSPS) is 11.6. The molecular formula is C15H13F5N4O4. The van der Waals surface area contributed by atoms with Crippen molar-refractivity contribution in [3.8, 4) is 5.75 Å². The highest BCUT2D eigenvalue weighted by Gasteiger charge is 2.44. The largest absolute Gasteiger partial charge is 0.442 e. The lowest BCUT2D eigenvalue weighted by atomic mass is 10.2. The van der Waals surface area contributed by atoms with Crippen LogP contribution in [0.4, 0.5) is 33.3 Å². The Morgan fingerprint density at radius 3 is 2.50 bits per heavy atom. The van der Waals surface area contributed by atoms with Crippen molar-refractivity contribution in [2.24, 2.45) is 0 Å². The molecule has 152 valence electrons. The van der Waals surface area contributed by atoms with Gasteiger partial charge in [-0.15, -0.1) is 0 Å². The number of amides is 1. The SMILES string of the molecule is Cc1ccc(OC(F)F)c(NC(=O)Cn2nc(C(F)(F)F)c([N+](=O)[O-])c2C)c1. The standard InChI is InChI=1S/C15H13F5N4O4/c1-7-3-4-10(28-14(16)17)9(5-7)21-11(25)6-23-8(2)12(24(26)27)13(22-23)15(18,19)20/h3-5,14H,6H2,1-2H3,(H,21,25). The lowest BCUT2D eigenvalue weighted by molar-refractivity contribution is -0.388. The second kappa shape index (κ2) is 7.78. The van der Waals surface area contributed by atoms with Gasteiger partial charge < -0.3 is 10.1 Å². The van der Waals surface area contributed by atoms with Crippen LogP contribution in [-0.2, 0) is 17.5 Å². The third-order valence-electron chi connectivity index (χ3n) is 3.54. The number of nitro groups is 1. The van der Waals surface area contributed by atoms with Crippen LogP contribution in [0.2, 0.25) is 0 Å². The molecule has 0 saturated carbocycles. The van der Waals surface area contributed by atoms with Gasteiger partial charge in [-0.25, -0.2) is 0 Å². The fraction of sp³-hybridized carbons (Fsp3) is 0.333. The molecule has 1 aromatic carbocycles. The minimum absolute atomic E-state index is 0.138. The quantitative estimate of drug-likeness (QED) is 0.447. The number of nitrogens with one attached hydrogen (secondary N) is 1. The summed E-state index contributed by atoms with van der Waals surface area (Å²) in [6.07, 6.45) is -5.09. The van der Waals surface area contributed by atoms with Crippen LogP contribution < -0.4 is 10.1 Å². The summed E-state index contributed by atoms with van der Waals surface area (Å²) in [6.45, 7) is -1.36. The molecule has 1 amide bonds. The minimum Gasteiger partial charge on any atom is -0.433 e. The summed E-state index contributed by atoms with van der Waals surface area (Å²) >= 11 is 0. The second-order valence-electron chi connectivity index (χ2n) is 5.62. The number of hydrogen-bond donors (Lipinski definition) is 1. The number of anilines is 1. The first kappa shape index (κ1) is 21.1. The van der Waals surface area contributed by atoms with Crippen LogP contribution in [0.3, 0.4) is 0 Å². The van der Waals surface area contributed by atoms with Gasteiger partial charge in [0.15, 0.2) is 0 Å². The highest BCUT2D eigenvalue weighted by Crippen LogP contribution is 2.37. The molecule has 8 nitrogen and oxygen atoms in total. The summed E-state index contributed by atoms with van der Waals surface area (Å²) in [4.78, 5) is 21.8. The molecular weight excluding hydrogens is 395 g/mol. The summed E-state index contributed by atoms with van der Waals surface area (Å²) < 4.78 is 68.5. The van der Waals surface area contributed by atoms with Crippen molar-refractivity contribution >= 4 is 17.3 Å². The fourth-order valence-corrected chi connectivity index (χ4v) is 2.37. The molecule has 0 radical (unpaired) electrons. The Labute approximate surface area is 154 Å². The fourth-order valence-electron chi connectivity index (χ4n) is 2.37. The molecule has 13 heteroatoms. The van der Waals surface area contributed by atoms with Crippen LogP contribution in [0.1, 0.15) is 17.0 Å². The van der Waals surface area contributed by atoms with Gasteiger partial charge in [0, 0.05) is 0 Å². The molecule has 0 spiro atoms. The van der Waals surface area contributed by atoms with E-state index in [1.165, 1.54) is 18.2 Å². The van der Waals surface area contributed by atoms with Crippen molar-refractivity contribution in [2.75, 3.05) is 5.32 Å². The average molecular weight is 408 g/mol. The lowest BCUT2D eigenvalue weighted by Crippen LogP contribution is -2.21. The van der Waals surface area contributed by atoms with E-state index in [0.29, 0.717) is 10.2 Å². The van der Waals surface area contributed by atoms with Gasteiger partial charge in [0.05, 0.1) is 10.6 Å². The van der Waals surface area contributed by atoms with Crippen molar-refractivity contribution in [1.29, 1.82) is 0 Å². The monoisotopic (exact) mass is 408 g/mol. The number of carbonyl (C=O) groups excluding carboxylic acids is 1. The maximum atomic E-state index is 12.9. The summed E-state index contributed by atoms with van der Waals surface area (Å²) in [5.41, 5.74) is -3.04. The first-order chi connectivity index (χ1) is 12.9. The number of hydrogen-bond acceptors (Lipinski definition) is 5. The van der Waals surface area contributed by atoms with Crippen LogP contribution in [-0.4, -0.2) is 27.2 Å². The van der Waals surface area contributed by atoms with Gasteiger partial charge in [0.25, 0.3) is 0 Å². The predicted octanol–water partition coefficient (Wildman–Crippen LogP) is 3.67. The Morgan fingerprint density at radius 2 is 2.00 bits per heavy atom. The zero-order valence-electron chi connectivity index (χ0n) is 14.4. The number of carbonyl (C=O) groups is 1. The summed E-state index contributed by atoms with van der Waals surface area (Å²) in [5, 5.41) is 16.3. The van der Waals surface area contributed by atoms with Crippen LogP contribution in [0, 0.1) is 24.0 Å². The van der Waals surface area contributed by atoms with E-state index in [1.54, 1.807) is 6.92 Å². The minimum atomic E-state index is -5.09. The molecule has 0 aliphatic rings. The number of ether oxygens (including phenoxy) is 1. The van der Waals surface area contributed by atoms with Gasteiger partial charge in [-0.2, -0.15) is 27.1 Å². The smallest absolute Gasteiger partial charge is 0.433 e. The zero-order valence-corrected chi connectivity index (χ0v) is 14.4. The molecule has 2 aromatic rings. The summed E-state index contributed by atoms with van der Waals surface area (Å²) in [7, 11) is 0. The van der Waals surface area contributed by atoms with Crippen LogP contribution in [0.25, 0.3) is 0 Å². The van der Waals surface area contributed by atoms with E-state index in [-0.39, 0.29) is 11.4 Å².